The first-order valence-corrected chi connectivity index (χ1v) is 18.0. The zero-order chi connectivity index (χ0) is 39.9. The summed E-state index contributed by atoms with van der Waals surface area (Å²) in [5, 5.41) is 21.5. The lowest BCUT2D eigenvalue weighted by molar-refractivity contribution is -0.121. The third-order valence-corrected chi connectivity index (χ3v) is 9.79. The van der Waals surface area contributed by atoms with E-state index in [0.717, 1.165) is 10.5 Å². The number of carbonyl (C=O) groups is 5. The number of hydrogen-bond acceptors (Lipinski definition) is 11. The van der Waals surface area contributed by atoms with Crippen molar-refractivity contribution in [1.29, 1.82) is 0 Å². The SMILES string of the molecule is C=C1C[C@H]2C(=O)N(C(=O)O)c3cc(OCCCCCOc4cc5c(cc4OC)C(=O)N4CC(=C)C[C@H]4[C@H](O)N5C(=O)OC(C)(C)C)c(OC)cc3C(=O)N2C1. The Morgan fingerprint density at radius 1 is 0.782 bits per heavy atom. The van der Waals surface area contributed by atoms with Crippen molar-refractivity contribution >= 4 is 41.3 Å². The molecule has 2 aromatic carbocycles. The zero-order valence-corrected chi connectivity index (χ0v) is 31.6. The van der Waals surface area contributed by atoms with Gasteiger partial charge in [0.05, 0.1) is 56.0 Å². The Kier molecular flexibility index (Phi) is 10.7. The lowest BCUT2D eigenvalue weighted by Gasteiger charge is -2.33. The molecule has 0 spiro atoms. The first-order valence-electron chi connectivity index (χ1n) is 18.0. The fourth-order valence-electron chi connectivity index (χ4n) is 7.27. The number of nitrogens with zero attached hydrogens (tertiary/aromatic N) is 4. The number of unbranched alkanes of at least 4 members (excludes halogenated alkanes) is 2. The molecule has 16 heteroatoms. The number of amides is 5. The standard InChI is InChI=1S/C39H46N4O12/c1-21-13-27-35(46)42(37(48)49)25-17-31(29(51-6)15-23(25)33(44)40(27)19-21)53-11-9-8-10-12-54-32-18-26-24(16-30(32)52-7)34(45)41-20-22(2)14-28(41)36(47)43(26)38(50)55-39(3,4)5/h15-18,27-28,36,47H,1-2,8-14,19-20H2,3-7H3,(H,48,49)/t27-,28-,36-/m0/s1. The van der Waals surface area contributed by atoms with Crippen molar-refractivity contribution in [3.05, 3.63) is 59.7 Å². The second-order valence-electron chi connectivity index (χ2n) is 14.9. The highest BCUT2D eigenvalue weighted by Crippen LogP contribution is 2.43. The molecule has 0 aliphatic carbocycles. The van der Waals surface area contributed by atoms with Crippen molar-refractivity contribution in [2.75, 3.05) is 50.3 Å². The fourth-order valence-corrected chi connectivity index (χ4v) is 7.27. The number of ether oxygens (including phenoxy) is 5. The molecule has 55 heavy (non-hydrogen) atoms. The summed E-state index contributed by atoms with van der Waals surface area (Å²) in [7, 11) is 2.83. The highest BCUT2D eigenvalue weighted by Gasteiger charge is 2.48. The largest absolute Gasteiger partial charge is 0.493 e. The number of anilines is 2. The molecule has 4 heterocycles. The summed E-state index contributed by atoms with van der Waals surface area (Å²) in [6.45, 7) is 13.8. The van der Waals surface area contributed by atoms with E-state index >= 15 is 0 Å². The van der Waals surface area contributed by atoms with Gasteiger partial charge < -0.3 is 43.7 Å². The number of methoxy groups -OCH3 is 2. The average molecular weight is 763 g/mol. The summed E-state index contributed by atoms with van der Waals surface area (Å²) in [6.07, 6.45) is -1.54. The minimum absolute atomic E-state index is 0.00174. The van der Waals surface area contributed by atoms with E-state index in [4.69, 9.17) is 23.7 Å². The van der Waals surface area contributed by atoms with E-state index in [1.54, 1.807) is 20.8 Å². The maximum Gasteiger partial charge on any atom is 0.418 e. The molecule has 3 atom stereocenters. The normalized spacial score (nSPS) is 20.7. The lowest BCUT2D eigenvalue weighted by Crippen LogP contribution is -2.51. The van der Waals surface area contributed by atoms with E-state index in [1.807, 2.05) is 0 Å². The Morgan fingerprint density at radius 2 is 1.31 bits per heavy atom. The number of fused-ring (bicyclic) bond motifs is 4. The van der Waals surface area contributed by atoms with E-state index < -0.39 is 47.9 Å². The van der Waals surface area contributed by atoms with Crippen molar-refractivity contribution in [1.82, 2.24) is 9.80 Å². The van der Waals surface area contributed by atoms with Crippen LogP contribution in [-0.4, -0.2) is 114 Å². The third kappa shape index (κ3) is 7.50. The van der Waals surface area contributed by atoms with Gasteiger partial charge >= 0.3 is 12.2 Å². The molecule has 4 aliphatic heterocycles. The second kappa shape index (κ2) is 15.2. The smallest absolute Gasteiger partial charge is 0.418 e. The molecule has 4 aliphatic rings. The highest BCUT2D eigenvalue weighted by molar-refractivity contribution is 6.21. The van der Waals surface area contributed by atoms with Gasteiger partial charge in [-0.3, -0.25) is 14.4 Å². The summed E-state index contributed by atoms with van der Waals surface area (Å²) in [5.74, 6) is -0.745. The van der Waals surface area contributed by atoms with Gasteiger partial charge in [-0.15, -0.1) is 0 Å². The molecule has 2 fully saturated rings. The van der Waals surface area contributed by atoms with Gasteiger partial charge in [0.1, 0.15) is 11.6 Å². The van der Waals surface area contributed by atoms with Crippen LogP contribution in [0.3, 0.4) is 0 Å². The van der Waals surface area contributed by atoms with E-state index in [9.17, 15) is 34.2 Å². The summed E-state index contributed by atoms with van der Waals surface area (Å²) in [5.41, 5.74) is 0.697. The Hall–Kier alpha value is -5.77. The van der Waals surface area contributed by atoms with E-state index in [-0.39, 0.29) is 84.1 Å². The predicted molar refractivity (Wildman–Crippen MR) is 198 cm³/mol. The first kappa shape index (κ1) is 38.9. The minimum atomic E-state index is -1.52. The van der Waals surface area contributed by atoms with E-state index in [1.165, 1.54) is 48.3 Å². The molecule has 0 saturated carbocycles. The zero-order valence-electron chi connectivity index (χ0n) is 31.6. The number of imide groups is 1. The monoisotopic (exact) mass is 762 g/mol. The summed E-state index contributed by atoms with van der Waals surface area (Å²) in [4.78, 5) is 70.9. The molecule has 5 amide bonds. The Labute approximate surface area is 318 Å². The quantitative estimate of drug-likeness (QED) is 0.245. The molecule has 6 rings (SSSR count). The maximum absolute atomic E-state index is 13.8. The third-order valence-electron chi connectivity index (χ3n) is 9.79. The number of aliphatic hydroxyl groups is 1. The molecular weight excluding hydrogens is 716 g/mol. The Morgan fingerprint density at radius 3 is 1.87 bits per heavy atom. The van der Waals surface area contributed by atoms with Crippen LogP contribution in [-0.2, 0) is 9.53 Å². The molecular formula is C39H46N4O12. The van der Waals surface area contributed by atoms with E-state index in [0.29, 0.717) is 36.2 Å². The van der Waals surface area contributed by atoms with Crippen LogP contribution in [0.5, 0.6) is 23.0 Å². The van der Waals surface area contributed by atoms with Crippen LogP contribution in [0, 0.1) is 0 Å². The molecule has 16 nitrogen and oxygen atoms in total. The fraction of sp³-hybridized carbons (Fsp3) is 0.462. The highest BCUT2D eigenvalue weighted by atomic mass is 16.6. The van der Waals surface area contributed by atoms with Crippen molar-refractivity contribution in [2.45, 2.75) is 76.8 Å². The van der Waals surface area contributed by atoms with Crippen LogP contribution in [0.2, 0.25) is 0 Å². The van der Waals surface area contributed by atoms with Crippen molar-refractivity contribution in [3.8, 4) is 23.0 Å². The molecule has 2 saturated heterocycles. The van der Waals surface area contributed by atoms with E-state index in [2.05, 4.69) is 13.2 Å². The van der Waals surface area contributed by atoms with Crippen LogP contribution < -0.4 is 28.7 Å². The number of rotatable bonds is 10. The minimum Gasteiger partial charge on any atom is -0.493 e. The number of carbonyl (C=O) groups excluding carboxylic acids is 4. The number of aliphatic hydroxyl groups excluding tert-OH is 1. The van der Waals surface area contributed by atoms with Crippen LogP contribution in [0.4, 0.5) is 21.0 Å². The van der Waals surface area contributed by atoms with Gasteiger partial charge in [-0.05, 0) is 65.0 Å². The Balaban J connectivity index is 1.13. The molecule has 294 valence electrons. The van der Waals surface area contributed by atoms with Gasteiger partial charge in [-0.2, -0.15) is 0 Å². The lowest BCUT2D eigenvalue weighted by atomic mass is 10.1. The van der Waals surface area contributed by atoms with Gasteiger partial charge in [0.25, 0.3) is 17.7 Å². The summed E-state index contributed by atoms with van der Waals surface area (Å²) >= 11 is 0. The van der Waals surface area contributed by atoms with Gasteiger partial charge in [0.2, 0.25) is 0 Å². The van der Waals surface area contributed by atoms with Crippen molar-refractivity contribution in [3.63, 3.8) is 0 Å². The summed E-state index contributed by atoms with van der Waals surface area (Å²) < 4.78 is 28.8. The summed E-state index contributed by atoms with van der Waals surface area (Å²) in [6, 6.07) is 4.03. The van der Waals surface area contributed by atoms with Crippen LogP contribution in [0.1, 0.15) is 73.6 Å². The van der Waals surface area contributed by atoms with Gasteiger partial charge in [0.15, 0.2) is 29.2 Å². The topological polar surface area (TPSA) is 185 Å². The van der Waals surface area contributed by atoms with Crippen LogP contribution in [0.15, 0.2) is 48.6 Å². The van der Waals surface area contributed by atoms with Crippen molar-refractivity contribution < 1.29 is 57.9 Å². The molecule has 0 radical (unpaired) electrons. The Bertz CT molecular complexity index is 1950. The molecule has 2 aromatic rings. The molecule has 0 unspecified atom stereocenters. The maximum atomic E-state index is 13.8. The molecule has 2 N–H and O–H groups in total. The first-order chi connectivity index (χ1) is 26.0. The number of hydrogen-bond donors (Lipinski definition) is 2. The number of carboxylic acid groups (broad SMARTS) is 1. The van der Waals surface area contributed by atoms with Gasteiger partial charge in [-0.1, -0.05) is 24.3 Å². The molecule has 0 bridgehead atoms. The van der Waals surface area contributed by atoms with Gasteiger partial charge in [-0.25, -0.2) is 19.4 Å². The van der Waals surface area contributed by atoms with Crippen molar-refractivity contribution in [2.24, 2.45) is 0 Å². The molecule has 0 aromatic heterocycles. The van der Waals surface area contributed by atoms with Crippen LogP contribution >= 0.6 is 0 Å². The van der Waals surface area contributed by atoms with Crippen LogP contribution in [0.25, 0.3) is 0 Å². The predicted octanol–water partition coefficient (Wildman–Crippen LogP) is 4.97. The second-order valence-corrected chi connectivity index (χ2v) is 14.9. The van der Waals surface area contributed by atoms with Gasteiger partial charge in [0, 0.05) is 25.2 Å². The number of benzene rings is 2. The average Bonchev–Trinajstić information content (AvgIpc) is 3.68.